The summed E-state index contributed by atoms with van der Waals surface area (Å²) in [5, 5.41) is 2.86. The van der Waals surface area contributed by atoms with Crippen LogP contribution in [0.5, 0.6) is 5.75 Å². The Labute approximate surface area is 160 Å². The average Bonchev–Trinajstić information content (AvgIpc) is 2.61. The summed E-state index contributed by atoms with van der Waals surface area (Å²) in [6, 6.07) is 12.9. The molecule has 0 heterocycles. The molecule has 27 heavy (non-hydrogen) atoms. The van der Waals surface area contributed by atoms with Crippen LogP contribution < -0.4 is 10.1 Å². The lowest BCUT2D eigenvalue weighted by atomic mass is 10.1. The molecule has 2 aromatic carbocycles. The van der Waals surface area contributed by atoms with Gasteiger partial charge in [-0.2, -0.15) is 0 Å². The van der Waals surface area contributed by atoms with Gasteiger partial charge in [-0.05, 0) is 44.3 Å². The van der Waals surface area contributed by atoms with Gasteiger partial charge >= 0.3 is 0 Å². The second-order valence-corrected chi connectivity index (χ2v) is 6.81. The fourth-order valence-corrected chi connectivity index (χ4v) is 2.78. The van der Waals surface area contributed by atoms with Crippen molar-refractivity contribution in [3.8, 4) is 5.75 Å². The first kappa shape index (κ1) is 20.5. The second kappa shape index (κ2) is 9.19. The first-order valence-corrected chi connectivity index (χ1v) is 8.73. The summed E-state index contributed by atoms with van der Waals surface area (Å²) in [7, 11) is 6.94. The second-order valence-electron chi connectivity index (χ2n) is 6.81. The van der Waals surface area contributed by atoms with Gasteiger partial charge in [0, 0.05) is 37.5 Å². The minimum atomic E-state index is -0.115. The number of nitrogens with zero attached hydrogens (tertiary/aromatic N) is 2. The smallest absolute Gasteiger partial charge is 0.253 e. The van der Waals surface area contributed by atoms with Crippen LogP contribution in [-0.4, -0.2) is 56.4 Å². The summed E-state index contributed by atoms with van der Waals surface area (Å²) in [5.74, 6) is 0.629. The molecular formula is C21H27N3O3. The number of hydrogen-bond donors (Lipinski definition) is 1. The number of aryl methyl sites for hydroxylation is 1. The summed E-state index contributed by atoms with van der Waals surface area (Å²) in [4.78, 5) is 27.6. The highest BCUT2D eigenvalue weighted by Gasteiger charge is 2.12. The van der Waals surface area contributed by atoms with E-state index in [0.717, 1.165) is 16.9 Å². The highest BCUT2D eigenvalue weighted by atomic mass is 16.5. The van der Waals surface area contributed by atoms with Crippen molar-refractivity contribution in [3.63, 3.8) is 0 Å². The van der Waals surface area contributed by atoms with E-state index in [4.69, 9.17) is 4.74 Å². The van der Waals surface area contributed by atoms with E-state index in [9.17, 15) is 9.59 Å². The molecule has 0 aliphatic rings. The Bertz CT molecular complexity index is 801. The number of likely N-dealkylation sites (N-methyl/N-ethyl adjacent to an activating group) is 1. The van der Waals surface area contributed by atoms with Crippen molar-refractivity contribution in [3.05, 3.63) is 59.2 Å². The molecule has 0 aliphatic carbocycles. The normalized spacial score (nSPS) is 10.6. The Morgan fingerprint density at radius 1 is 1.04 bits per heavy atom. The summed E-state index contributed by atoms with van der Waals surface area (Å²) in [5.41, 5.74) is 3.44. The Morgan fingerprint density at radius 3 is 2.30 bits per heavy atom. The van der Waals surface area contributed by atoms with Crippen LogP contribution in [0.3, 0.4) is 0 Å². The maximum absolute atomic E-state index is 12.3. The third kappa shape index (κ3) is 5.82. The van der Waals surface area contributed by atoms with Gasteiger partial charge in [0.25, 0.3) is 5.91 Å². The van der Waals surface area contributed by atoms with Crippen molar-refractivity contribution in [2.45, 2.75) is 13.5 Å². The Hall–Kier alpha value is -2.86. The molecule has 6 nitrogen and oxygen atoms in total. The summed E-state index contributed by atoms with van der Waals surface area (Å²) in [6.07, 6.45) is 0. The van der Waals surface area contributed by atoms with E-state index in [-0.39, 0.29) is 18.4 Å². The van der Waals surface area contributed by atoms with Crippen molar-refractivity contribution in [1.82, 2.24) is 9.80 Å². The summed E-state index contributed by atoms with van der Waals surface area (Å²) in [6.45, 7) is 2.88. The van der Waals surface area contributed by atoms with Crippen LogP contribution >= 0.6 is 0 Å². The van der Waals surface area contributed by atoms with E-state index >= 15 is 0 Å². The maximum Gasteiger partial charge on any atom is 0.253 e. The third-order valence-corrected chi connectivity index (χ3v) is 4.11. The zero-order chi connectivity index (χ0) is 20.0. The molecular weight excluding hydrogens is 342 g/mol. The van der Waals surface area contributed by atoms with Crippen LogP contribution in [0.15, 0.2) is 42.5 Å². The molecule has 6 heteroatoms. The molecule has 0 aromatic heterocycles. The molecule has 0 saturated heterocycles. The van der Waals surface area contributed by atoms with Gasteiger partial charge in [0.15, 0.2) is 0 Å². The van der Waals surface area contributed by atoms with E-state index < -0.39 is 0 Å². The number of ether oxygens (including phenoxy) is 1. The maximum atomic E-state index is 12.3. The zero-order valence-electron chi connectivity index (χ0n) is 16.6. The molecule has 0 radical (unpaired) electrons. The molecule has 0 fully saturated rings. The van der Waals surface area contributed by atoms with Crippen molar-refractivity contribution in [2.75, 3.05) is 40.1 Å². The number of anilines is 1. The van der Waals surface area contributed by atoms with Crippen molar-refractivity contribution in [2.24, 2.45) is 0 Å². The molecule has 144 valence electrons. The number of carbonyl (C=O) groups excluding carboxylic acids is 2. The minimum Gasteiger partial charge on any atom is -0.496 e. The molecule has 1 N–H and O–H groups in total. The van der Waals surface area contributed by atoms with Crippen molar-refractivity contribution >= 4 is 17.5 Å². The molecule has 0 aliphatic heterocycles. The standard InChI is InChI=1S/C21H27N3O3/c1-15-6-11-19(27-5)17(12-15)13-24(4)14-20(25)22-18-9-7-16(8-10-18)21(26)23(2)3/h6-12H,13-14H2,1-5H3,(H,22,25). The van der Waals surface area contributed by atoms with E-state index in [1.165, 1.54) is 4.90 Å². The van der Waals surface area contributed by atoms with Gasteiger partial charge in [-0.1, -0.05) is 17.7 Å². The molecule has 2 amide bonds. The molecule has 0 bridgehead atoms. The Kier molecular flexibility index (Phi) is 6.96. The fourth-order valence-electron chi connectivity index (χ4n) is 2.78. The summed E-state index contributed by atoms with van der Waals surface area (Å²) < 4.78 is 5.39. The third-order valence-electron chi connectivity index (χ3n) is 4.11. The van der Waals surface area contributed by atoms with Gasteiger partial charge in [-0.15, -0.1) is 0 Å². The molecule has 2 aromatic rings. The molecule has 0 atom stereocenters. The Morgan fingerprint density at radius 2 is 1.70 bits per heavy atom. The topological polar surface area (TPSA) is 61.9 Å². The highest BCUT2D eigenvalue weighted by Crippen LogP contribution is 2.21. The number of amides is 2. The van der Waals surface area contributed by atoms with Crippen LogP contribution in [0.2, 0.25) is 0 Å². The average molecular weight is 369 g/mol. The predicted octanol–water partition coefficient (Wildman–Crippen LogP) is 2.78. The van der Waals surface area contributed by atoms with Gasteiger partial charge in [-0.3, -0.25) is 14.5 Å². The number of methoxy groups -OCH3 is 1. The number of rotatable bonds is 7. The monoisotopic (exact) mass is 369 g/mol. The Balaban J connectivity index is 1.93. The fraction of sp³-hybridized carbons (Fsp3) is 0.333. The lowest BCUT2D eigenvalue weighted by molar-refractivity contribution is -0.117. The largest absolute Gasteiger partial charge is 0.496 e. The number of carbonyl (C=O) groups is 2. The summed E-state index contributed by atoms with van der Waals surface area (Å²) >= 11 is 0. The van der Waals surface area contributed by atoms with Crippen LogP contribution in [0.4, 0.5) is 5.69 Å². The van der Waals surface area contributed by atoms with E-state index in [0.29, 0.717) is 17.8 Å². The zero-order valence-corrected chi connectivity index (χ0v) is 16.6. The first-order chi connectivity index (χ1) is 12.8. The number of benzene rings is 2. The molecule has 0 saturated carbocycles. The van der Waals surface area contributed by atoms with Gasteiger partial charge in [0.2, 0.25) is 5.91 Å². The number of nitrogens with one attached hydrogen (secondary N) is 1. The highest BCUT2D eigenvalue weighted by molar-refractivity contribution is 5.96. The SMILES string of the molecule is COc1ccc(C)cc1CN(C)CC(=O)Nc1ccc(C(=O)N(C)C)cc1. The van der Waals surface area contributed by atoms with Gasteiger partial charge in [0.05, 0.1) is 13.7 Å². The quantitative estimate of drug-likeness (QED) is 0.815. The van der Waals surface area contributed by atoms with Gasteiger partial charge < -0.3 is 15.0 Å². The van der Waals surface area contributed by atoms with Crippen LogP contribution in [0, 0.1) is 6.92 Å². The van der Waals surface area contributed by atoms with Crippen molar-refractivity contribution in [1.29, 1.82) is 0 Å². The lowest BCUT2D eigenvalue weighted by Crippen LogP contribution is -2.30. The first-order valence-electron chi connectivity index (χ1n) is 8.73. The molecule has 0 spiro atoms. The van der Waals surface area contributed by atoms with Crippen LogP contribution in [0.1, 0.15) is 21.5 Å². The van der Waals surface area contributed by atoms with Crippen LogP contribution in [0.25, 0.3) is 0 Å². The van der Waals surface area contributed by atoms with Gasteiger partial charge in [0.1, 0.15) is 5.75 Å². The molecule has 0 unspecified atom stereocenters. The lowest BCUT2D eigenvalue weighted by Gasteiger charge is -2.18. The number of hydrogen-bond acceptors (Lipinski definition) is 4. The van der Waals surface area contributed by atoms with E-state index in [2.05, 4.69) is 11.4 Å². The van der Waals surface area contributed by atoms with E-state index in [1.807, 2.05) is 31.0 Å². The molecule has 2 rings (SSSR count). The van der Waals surface area contributed by atoms with E-state index in [1.54, 1.807) is 45.5 Å². The minimum absolute atomic E-state index is 0.0697. The predicted molar refractivity (Wildman–Crippen MR) is 107 cm³/mol. The van der Waals surface area contributed by atoms with Crippen LogP contribution in [-0.2, 0) is 11.3 Å². The van der Waals surface area contributed by atoms with Crippen molar-refractivity contribution < 1.29 is 14.3 Å². The van der Waals surface area contributed by atoms with Gasteiger partial charge in [-0.25, -0.2) is 0 Å².